The summed E-state index contributed by atoms with van der Waals surface area (Å²) in [6.45, 7) is 3.62. The third-order valence-corrected chi connectivity index (χ3v) is 3.80. The third-order valence-electron chi connectivity index (χ3n) is 2.86. The van der Waals surface area contributed by atoms with Crippen molar-refractivity contribution in [3.8, 4) is 0 Å². The molecule has 1 fully saturated rings. The Balaban J connectivity index is 2.23. The van der Waals surface area contributed by atoms with Gasteiger partial charge in [0.25, 0.3) is 5.91 Å². The number of thioether (sulfide) groups is 1. The molecular formula is C12H17N3OS. The summed E-state index contributed by atoms with van der Waals surface area (Å²) in [7, 11) is 0. The van der Waals surface area contributed by atoms with Crippen molar-refractivity contribution in [3.63, 3.8) is 0 Å². The molecule has 0 atom stereocenters. The lowest BCUT2D eigenvalue weighted by molar-refractivity contribution is 0.0773. The number of amides is 1. The van der Waals surface area contributed by atoms with Gasteiger partial charge in [0.05, 0.1) is 11.3 Å². The van der Waals surface area contributed by atoms with Crippen LogP contribution in [-0.4, -0.2) is 35.4 Å². The molecule has 4 nitrogen and oxygen atoms in total. The maximum Gasteiger partial charge on any atom is 0.256 e. The number of hydrogen-bond donors (Lipinski definition) is 2. The summed E-state index contributed by atoms with van der Waals surface area (Å²) >= 11 is 1.89. The second-order valence-electron chi connectivity index (χ2n) is 4.10. The fraction of sp³-hybridized carbons (Fsp3) is 0.417. The van der Waals surface area contributed by atoms with Gasteiger partial charge in [-0.3, -0.25) is 10.6 Å². The molecule has 1 aliphatic heterocycles. The highest BCUT2D eigenvalue weighted by atomic mass is 32.2. The predicted octanol–water partition coefficient (Wildman–Crippen LogP) is 1.47. The molecule has 0 unspecified atom stereocenters. The molecule has 92 valence electrons. The maximum atomic E-state index is 12.3. The SMILES string of the molecule is Cc1ccc(C(=O)N2CCSCC2)c(NN)c1. The van der Waals surface area contributed by atoms with Crippen LogP contribution in [0.3, 0.4) is 0 Å². The smallest absolute Gasteiger partial charge is 0.256 e. The fourth-order valence-electron chi connectivity index (χ4n) is 1.90. The maximum absolute atomic E-state index is 12.3. The number of rotatable bonds is 2. The van der Waals surface area contributed by atoms with E-state index in [0.29, 0.717) is 11.3 Å². The van der Waals surface area contributed by atoms with Crippen LogP contribution in [0.1, 0.15) is 15.9 Å². The number of aryl methyl sites for hydroxylation is 1. The Morgan fingerprint density at radius 1 is 1.41 bits per heavy atom. The van der Waals surface area contributed by atoms with Crippen LogP contribution < -0.4 is 11.3 Å². The van der Waals surface area contributed by atoms with Crippen molar-refractivity contribution >= 4 is 23.4 Å². The first-order valence-electron chi connectivity index (χ1n) is 5.66. The molecule has 5 heteroatoms. The van der Waals surface area contributed by atoms with Gasteiger partial charge < -0.3 is 10.3 Å². The fourth-order valence-corrected chi connectivity index (χ4v) is 2.80. The minimum Gasteiger partial charge on any atom is -0.337 e. The van der Waals surface area contributed by atoms with Gasteiger partial charge >= 0.3 is 0 Å². The van der Waals surface area contributed by atoms with Crippen LogP contribution in [0.2, 0.25) is 0 Å². The van der Waals surface area contributed by atoms with Gasteiger partial charge in [0.15, 0.2) is 0 Å². The molecule has 1 aromatic rings. The van der Waals surface area contributed by atoms with E-state index in [1.54, 1.807) is 0 Å². The quantitative estimate of drug-likeness (QED) is 0.617. The third kappa shape index (κ3) is 2.73. The first kappa shape index (κ1) is 12.3. The number of anilines is 1. The molecule has 0 spiro atoms. The number of benzene rings is 1. The summed E-state index contributed by atoms with van der Waals surface area (Å²) < 4.78 is 0. The Bertz CT molecular complexity index is 416. The molecule has 3 N–H and O–H groups in total. The topological polar surface area (TPSA) is 58.4 Å². The standard InChI is InChI=1S/C12H17N3OS/c1-9-2-3-10(11(8-9)14-13)12(16)15-4-6-17-7-5-15/h2-3,8,14H,4-7,13H2,1H3. The van der Waals surface area contributed by atoms with E-state index < -0.39 is 0 Å². The van der Waals surface area contributed by atoms with E-state index >= 15 is 0 Å². The molecule has 0 bridgehead atoms. The van der Waals surface area contributed by atoms with Crippen molar-refractivity contribution in [2.75, 3.05) is 30.0 Å². The number of carbonyl (C=O) groups excluding carboxylic acids is 1. The van der Waals surface area contributed by atoms with Crippen molar-refractivity contribution in [2.24, 2.45) is 5.84 Å². The van der Waals surface area contributed by atoms with E-state index in [-0.39, 0.29) is 5.91 Å². The van der Waals surface area contributed by atoms with E-state index in [2.05, 4.69) is 5.43 Å². The van der Waals surface area contributed by atoms with Crippen LogP contribution in [-0.2, 0) is 0 Å². The molecule has 17 heavy (non-hydrogen) atoms. The molecule has 0 aliphatic carbocycles. The molecule has 0 saturated carbocycles. The summed E-state index contributed by atoms with van der Waals surface area (Å²) in [4.78, 5) is 14.2. The zero-order chi connectivity index (χ0) is 12.3. The predicted molar refractivity (Wildman–Crippen MR) is 72.2 cm³/mol. The largest absolute Gasteiger partial charge is 0.337 e. The van der Waals surface area contributed by atoms with Gasteiger partial charge in [-0.2, -0.15) is 11.8 Å². The van der Waals surface area contributed by atoms with E-state index in [9.17, 15) is 4.79 Å². The van der Waals surface area contributed by atoms with Crippen molar-refractivity contribution in [2.45, 2.75) is 6.92 Å². The summed E-state index contributed by atoms with van der Waals surface area (Å²) in [5, 5.41) is 0. The number of nitrogens with two attached hydrogens (primary N) is 1. The number of nitrogens with one attached hydrogen (secondary N) is 1. The van der Waals surface area contributed by atoms with Gasteiger partial charge in [-0.1, -0.05) is 6.07 Å². The Morgan fingerprint density at radius 3 is 2.76 bits per heavy atom. The molecule has 1 amide bonds. The summed E-state index contributed by atoms with van der Waals surface area (Å²) in [6, 6.07) is 5.67. The van der Waals surface area contributed by atoms with Crippen LogP contribution in [0.15, 0.2) is 18.2 Å². The lowest BCUT2D eigenvalue weighted by Crippen LogP contribution is -2.38. The molecule has 0 aromatic heterocycles. The van der Waals surface area contributed by atoms with Crippen LogP contribution in [0.5, 0.6) is 0 Å². The van der Waals surface area contributed by atoms with Crippen molar-refractivity contribution in [1.29, 1.82) is 0 Å². The zero-order valence-electron chi connectivity index (χ0n) is 9.90. The number of nitrogens with zero attached hydrogens (tertiary/aromatic N) is 1. The lowest BCUT2D eigenvalue weighted by Gasteiger charge is -2.27. The molecule has 1 aromatic carbocycles. The summed E-state index contributed by atoms with van der Waals surface area (Å²) in [5.41, 5.74) is 5.05. The monoisotopic (exact) mass is 251 g/mol. The molecule has 1 saturated heterocycles. The van der Waals surface area contributed by atoms with Gasteiger partial charge in [-0.05, 0) is 24.6 Å². The highest BCUT2D eigenvalue weighted by Crippen LogP contribution is 2.20. The normalized spacial score (nSPS) is 15.8. The Kier molecular flexibility index (Phi) is 3.91. The van der Waals surface area contributed by atoms with Gasteiger partial charge in [0, 0.05) is 24.6 Å². The number of nitrogen functional groups attached to an aromatic ring is 1. The number of hydrogen-bond acceptors (Lipinski definition) is 4. The Morgan fingerprint density at radius 2 is 2.12 bits per heavy atom. The van der Waals surface area contributed by atoms with Crippen LogP contribution >= 0.6 is 11.8 Å². The van der Waals surface area contributed by atoms with E-state index in [1.165, 1.54) is 0 Å². The van der Waals surface area contributed by atoms with Gasteiger partial charge in [-0.25, -0.2) is 0 Å². The first-order chi connectivity index (χ1) is 8.22. The van der Waals surface area contributed by atoms with E-state index in [0.717, 1.165) is 30.2 Å². The Hall–Kier alpha value is -1.20. The average molecular weight is 251 g/mol. The van der Waals surface area contributed by atoms with Crippen molar-refractivity contribution in [3.05, 3.63) is 29.3 Å². The van der Waals surface area contributed by atoms with E-state index in [4.69, 9.17) is 5.84 Å². The van der Waals surface area contributed by atoms with Crippen LogP contribution in [0, 0.1) is 6.92 Å². The highest BCUT2D eigenvalue weighted by molar-refractivity contribution is 7.99. The average Bonchev–Trinajstić information content (AvgIpc) is 2.39. The molecule has 1 aliphatic rings. The molecular weight excluding hydrogens is 234 g/mol. The molecule has 1 heterocycles. The lowest BCUT2D eigenvalue weighted by atomic mass is 10.1. The van der Waals surface area contributed by atoms with Crippen molar-refractivity contribution < 1.29 is 4.79 Å². The highest BCUT2D eigenvalue weighted by Gasteiger charge is 2.20. The molecule has 0 radical (unpaired) electrons. The van der Waals surface area contributed by atoms with Crippen molar-refractivity contribution in [1.82, 2.24) is 4.90 Å². The second-order valence-corrected chi connectivity index (χ2v) is 5.32. The number of hydrazine groups is 1. The van der Waals surface area contributed by atoms with Crippen LogP contribution in [0.4, 0.5) is 5.69 Å². The van der Waals surface area contributed by atoms with Gasteiger partial charge in [0.1, 0.15) is 0 Å². The Labute approximate surface area is 106 Å². The van der Waals surface area contributed by atoms with Gasteiger partial charge in [-0.15, -0.1) is 0 Å². The minimum absolute atomic E-state index is 0.0678. The van der Waals surface area contributed by atoms with Crippen LogP contribution in [0.25, 0.3) is 0 Å². The second kappa shape index (κ2) is 5.42. The summed E-state index contributed by atoms with van der Waals surface area (Å²) in [5.74, 6) is 7.56. The summed E-state index contributed by atoms with van der Waals surface area (Å²) in [6.07, 6.45) is 0. The minimum atomic E-state index is 0.0678. The number of carbonyl (C=O) groups is 1. The zero-order valence-corrected chi connectivity index (χ0v) is 10.7. The van der Waals surface area contributed by atoms with E-state index in [1.807, 2.05) is 41.8 Å². The molecule has 2 rings (SSSR count). The van der Waals surface area contributed by atoms with Gasteiger partial charge in [0.2, 0.25) is 0 Å². The first-order valence-corrected chi connectivity index (χ1v) is 6.82.